The van der Waals surface area contributed by atoms with E-state index in [0.717, 1.165) is 0 Å². The second-order valence-corrected chi connectivity index (χ2v) is 11.0. The molecule has 2 amide bonds. The number of aromatic nitrogens is 2. The monoisotopic (exact) mass is 549 g/mol. The number of hydrogen-bond donors (Lipinski definition) is 4. The fourth-order valence-electron chi connectivity index (χ4n) is 5.15. The summed E-state index contributed by atoms with van der Waals surface area (Å²) in [5.41, 5.74) is 0.604. The predicted molar refractivity (Wildman–Crippen MR) is 140 cm³/mol. The van der Waals surface area contributed by atoms with Crippen LogP contribution in [0.3, 0.4) is 0 Å². The van der Waals surface area contributed by atoms with Crippen LogP contribution in [0.25, 0.3) is 11.3 Å². The zero-order chi connectivity index (χ0) is 27.8. The molecule has 1 saturated carbocycles. The minimum Gasteiger partial charge on any atom is -0.446 e. The third-order valence-corrected chi connectivity index (χ3v) is 7.25. The molecule has 2 aromatic rings. The average molecular weight is 550 g/mol. The first kappa shape index (κ1) is 28.0. The molecule has 10 nitrogen and oxygen atoms in total. The molecule has 0 bridgehead atoms. The zero-order valence-corrected chi connectivity index (χ0v) is 22.5. The van der Waals surface area contributed by atoms with Gasteiger partial charge in [-0.25, -0.2) is 19.2 Å². The first-order valence-corrected chi connectivity index (χ1v) is 12.9. The Hall–Kier alpha value is -3.02. The van der Waals surface area contributed by atoms with Crippen molar-refractivity contribution in [3.8, 4) is 11.3 Å². The van der Waals surface area contributed by atoms with Crippen molar-refractivity contribution in [2.24, 2.45) is 0 Å². The summed E-state index contributed by atoms with van der Waals surface area (Å²) in [5, 5.41) is 26.1. The van der Waals surface area contributed by atoms with Gasteiger partial charge in [0.25, 0.3) is 5.91 Å². The second kappa shape index (κ2) is 11.0. The van der Waals surface area contributed by atoms with Gasteiger partial charge in [0.1, 0.15) is 11.9 Å². The quantitative estimate of drug-likeness (QED) is 0.431. The summed E-state index contributed by atoms with van der Waals surface area (Å²) in [4.78, 5) is 34.7. The number of halogens is 2. The Kier molecular flexibility index (Phi) is 8.10. The Bertz CT molecular complexity index is 1230. The van der Waals surface area contributed by atoms with Gasteiger partial charge in [0.05, 0.1) is 40.7 Å². The van der Waals surface area contributed by atoms with Gasteiger partial charge < -0.3 is 30.5 Å². The van der Waals surface area contributed by atoms with Crippen molar-refractivity contribution in [3.05, 3.63) is 40.3 Å². The molecule has 1 aromatic carbocycles. The van der Waals surface area contributed by atoms with Gasteiger partial charge in [0, 0.05) is 37.5 Å². The maximum absolute atomic E-state index is 15.4. The number of hydrogen-bond acceptors (Lipinski definition) is 8. The van der Waals surface area contributed by atoms with E-state index >= 15 is 4.39 Å². The molecule has 1 fully saturated rings. The molecule has 0 radical (unpaired) electrons. The lowest BCUT2D eigenvalue weighted by Crippen LogP contribution is -2.49. The number of β-amino-alcohol motifs (C(OH)–C–C–N with tert-alkyl or cyclic N) is 1. The molecule has 1 aliphatic carbocycles. The van der Waals surface area contributed by atoms with E-state index in [0.29, 0.717) is 30.5 Å². The molecule has 0 saturated heterocycles. The third kappa shape index (κ3) is 5.84. The molecule has 38 heavy (non-hydrogen) atoms. The van der Waals surface area contributed by atoms with Crippen LogP contribution in [-0.4, -0.2) is 81.6 Å². The van der Waals surface area contributed by atoms with Gasteiger partial charge in [0.2, 0.25) is 5.95 Å². The maximum Gasteiger partial charge on any atom is 0.407 e. The number of aliphatic hydroxyl groups is 2. The van der Waals surface area contributed by atoms with E-state index in [4.69, 9.17) is 16.3 Å². The molecule has 4 rings (SSSR count). The topological polar surface area (TPSA) is 137 Å². The highest BCUT2D eigenvalue weighted by molar-refractivity contribution is 6.32. The maximum atomic E-state index is 15.4. The zero-order valence-electron chi connectivity index (χ0n) is 21.8. The first-order valence-electron chi connectivity index (χ1n) is 12.6. The summed E-state index contributed by atoms with van der Waals surface area (Å²) in [6, 6.07) is 2.57. The molecule has 1 aromatic heterocycles. The molecule has 2 heterocycles. The Morgan fingerprint density at radius 3 is 2.76 bits per heavy atom. The Morgan fingerprint density at radius 2 is 2.11 bits per heavy atom. The van der Waals surface area contributed by atoms with Crippen LogP contribution in [0.4, 0.5) is 15.1 Å². The van der Waals surface area contributed by atoms with E-state index in [1.165, 1.54) is 24.2 Å². The second-order valence-electron chi connectivity index (χ2n) is 10.6. The van der Waals surface area contributed by atoms with Crippen LogP contribution >= 0.6 is 11.6 Å². The van der Waals surface area contributed by atoms with E-state index in [1.54, 1.807) is 13.0 Å². The molecule has 0 unspecified atom stereocenters. The summed E-state index contributed by atoms with van der Waals surface area (Å²) >= 11 is 6.42. The fourth-order valence-corrected chi connectivity index (χ4v) is 5.35. The molecular weight excluding hydrogens is 517 g/mol. The summed E-state index contributed by atoms with van der Waals surface area (Å²) in [5.74, 6) is -0.957. The van der Waals surface area contributed by atoms with E-state index in [2.05, 4.69) is 20.6 Å². The molecule has 0 spiro atoms. The van der Waals surface area contributed by atoms with Crippen LogP contribution in [0.2, 0.25) is 5.02 Å². The van der Waals surface area contributed by atoms with E-state index in [9.17, 15) is 19.8 Å². The van der Waals surface area contributed by atoms with Crippen molar-refractivity contribution >= 4 is 29.5 Å². The highest BCUT2D eigenvalue weighted by Gasteiger charge is 2.39. The van der Waals surface area contributed by atoms with Gasteiger partial charge >= 0.3 is 6.09 Å². The van der Waals surface area contributed by atoms with Crippen LogP contribution in [0.1, 0.15) is 56.0 Å². The molecule has 2 aliphatic rings. The number of ether oxygens (including phenoxy) is 1. The minimum atomic E-state index is -0.807. The number of fused-ring (bicyclic) bond motifs is 1. The molecular formula is C26H33ClFN5O5. The highest BCUT2D eigenvalue weighted by atomic mass is 35.5. The average Bonchev–Trinajstić information content (AvgIpc) is 2.84. The smallest absolute Gasteiger partial charge is 0.407 e. The lowest BCUT2D eigenvalue weighted by Gasteiger charge is -2.40. The molecule has 12 heteroatoms. The number of alkyl carbamates (subject to hydrolysis) is 1. The van der Waals surface area contributed by atoms with Gasteiger partial charge in [-0.1, -0.05) is 25.4 Å². The Balaban J connectivity index is 1.59. The van der Waals surface area contributed by atoms with Crippen molar-refractivity contribution in [2.75, 3.05) is 25.5 Å². The van der Waals surface area contributed by atoms with Crippen LogP contribution in [-0.2, 0) is 10.2 Å². The van der Waals surface area contributed by atoms with Gasteiger partial charge in [0.15, 0.2) is 0 Å². The largest absolute Gasteiger partial charge is 0.446 e. The number of aliphatic hydroxyl groups excluding tert-OH is 2. The Labute approximate surface area is 225 Å². The number of carbonyl (C=O) groups excluding carboxylic acids is 2. The van der Waals surface area contributed by atoms with Gasteiger partial charge in [-0.3, -0.25) is 4.79 Å². The molecule has 4 N–H and O–H groups in total. The normalized spacial score (nSPS) is 23.4. The summed E-state index contributed by atoms with van der Waals surface area (Å²) < 4.78 is 20.7. The van der Waals surface area contributed by atoms with Crippen molar-refractivity contribution in [3.63, 3.8) is 0 Å². The van der Waals surface area contributed by atoms with Crippen LogP contribution in [0.5, 0.6) is 0 Å². The van der Waals surface area contributed by atoms with Crippen molar-refractivity contribution in [2.45, 2.75) is 69.8 Å². The van der Waals surface area contributed by atoms with Crippen LogP contribution < -0.4 is 10.6 Å². The number of anilines is 1. The molecule has 4 atom stereocenters. The third-order valence-electron chi connectivity index (χ3n) is 6.97. The summed E-state index contributed by atoms with van der Waals surface area (Å²) in [7, 11) is 1.47. The summed E-state index contributed by atoms with van der Waals surface area (Å²) in [6.45, 7) is 5.84. The number of nitrogens with one attached hydrogen (secondary N) is 2. The van der Waals surface area contributed by atoms with E-state index in [1.807, 2.05) is 13.8 Å². The van der Waals surface area contributed by atoms with Crippen molar-refractivity contribution in [1.82, 2.24) is 20.2 Å². The van der Waals surface area contributed by atoms with Gasteiger partial charge in [-0.15, -0.1) is 0 Å². The SMILES string of the molecule is CNC(=O)O[C@@H]1CC[C@@H](Nc2ncc(Cl)c(-c3cc(F)c4c(c3)C(C)(C)CN(C[C@@H](C)O)C4=O)n2)[C@H](O)C1. The minimum absolute atomic E-state index is 0.0203. The predicted octanol–water partition coefficient (Wildman–Crippen LogP) is 3.10. The number of benzene rings is 1. The van der Waals surface area contributed by atoms with E-state index in [-0.39, 0.29) is 41.2 Å². The number of amides is 2. The highest BCUT2D eigenvalue weighted by Crippen LogP contribution is 2.39. The fraction of sp³-hybridized carbons (Fsp3) is 0.538. The molecule has 1 aliphatic heterocycles. The van der Waals surface area contributed by atoms with Gasteiger partial charge in [-0.2, -0.15) is 0 Å². The number of nitrogens with zero attached hydrogens (tertiary/aromatic N) is 3. The first-order chi connectivity index (χ1) is 17.9. The van der Waals surface area contributed by atoms with Crippen LogP contribution in [0.15, 0.2) is 18.3 Å². The van der Waals surface area contributed by atoms with Crippen molar-refractivity contribution in [1.29, 1.82) is 0 Å². The Morgan fingerprint density at radius 1 is 1.37 bits per heavy atom. The molecule has 206 valence electrons. The van der Waals surface area contributed by atoms with Crippen molar-refractivity contribution < 1.29 is 28.9 Å². The summed E-state index contributed by atoms with van der Waals surface area (Å²) in [6.07, 6.45) is 0.237. The lowest BCUT2D eigenvalue weighted by molar-refractivity contribution is 0.0172. The number of carbonyl (C=O) groups is 2. The van der Waals surface area contributed by atoms with Crippen LogP contribution in [0, 0.1) is 5.82 Å². The van der Waals surface area contributed by atoms with E-state index < -0.39 is 41.5 Å². The lowest BCUT2D eigenvalue weighted by atomic mass is 9.77. The standard InChI is InChI=1S/C26H33ClFN5O5/c1-13(34)11-33-12-26(2,3)16-7-14(8-18(28)21(16)23(33)36)22-17(27)10-30-24(32-22)31-19-6-5-15(9-20(19)35)38-25(37)29-4/h7-8,10,13,15,19-20,34-35H,5-6,9,11-12H2,1-4H3,(H,29,37)(H,30,31,32)/t13-,15-,19-,20-/m1/s1. The van der Waals surface area contributed by atoms with Gasteiger partial charge in [-0.05, 0) is 37.5 Å². The number of rotatable bonds is 6.